The van der Waals surface area contributed by atoms with Crippen LogP contribution in [0.4, 0.5) is 5.88 Å². The molecule has 1 heterocycles. The zero-order chi connectivity index (χ0) is 7.72. The van der Waals surface area contributed by atoms with Crippen LogP contribution in [-0.4, -0.2) is 14.1 Å². The van der Waals surface area contributed by atoms with Gasteiger partial charge in [-0.25, -0.2) is 0 Å². The average Bonchev–Trinajstić information content (AvgIpc) is 2.13. The van der Waals surface area contributed by atoms with Gasteiger partial charge in [-0.2, -0.15) is 0 Å². The summed E-state index contributed by atoms with van der Waals surface area (Å²) in [6.45, 7) is 1.97. The molecular weight excluding hydrogens is 146 g/mol. The molecule has 0 aromatic carbocycles. The van der Waals surface area contributed by atoms with Crippen LogP contribution in [0.15, 0.2) is 15.6 Å². The summed E-state index contributed by atoms with van der Waals surface area (Å²) in [5.41, 5.74) is 1.08. The molecule has 1 rings (SSSR count). The molecule has 2 nitrogen and oxygen atoms in total. The van der Waals surface area contributed by atoms with Gasteiger partial charge in [0, 0.05) is 25.7 Å². The van der Waals surface area contributed by atoms with Gasteiger partial charge < -0.3 is 9.32 Å². The fourth-order valence-corrected chi connectivity index (χ4v) is 0.834. The van der Waals surface area contributed by atoms with Crippen molar-refractivity contribution in [3.63, 3.8) is 0 Å². The predicted molar refractivity (Wildman–Crippen MR) is 45.0 cm³/mol. The summed E-state index contributed by atoms with van der Waals surface area (Å²) in [5.74, 6) is 0.850. The highest BCUT2D eigenvalue weighted by molar-refractivity contribution is 7.80. The quantitative estimate of drug-likeness (QED) is 0.627. The molecule has 0 atom stereocenters. The first-order valence-electron chi connectivity index (χ1n) is 3.08. The number of hydrogen-bond acceptors (Lipinski definition) is 3. The summed E-state index contributed by atoms with van der Waals surface area (Å²) < 4.78 is 5.27. The summed E-state index contributed by atoms with van der Waals surface area (Å²) in [5, 5.41) is 0.698. The van der Waals surface area contributed by atoms with Crippen molar-refractivity contribution in [1.29, 1.82) is 0 Å². The van der Waals surface area contributed by atoms with Gasteiger partial charge in [-0.3, -0.25) is 0 Å². The Kier molecular flexibility index (Phi) is 1.94. The van der Waals surface area contributed by atoms with Gasteiger partial charge in [0.2, 0.25) is 0 Å². The molecule has 0 bridgehead atoms. The van der Waals surface area contributed by atoms with Gasteiger partial charge in [-0.05, 0) is 6.92 Å². The van der Waals surface area contributed by atoms with E-state index in [1.165, 1.54) is 0 Å². The van der Waals surface area contributed by atoms with Crippen molar-refractivity contribution in [3.05, 3.63) is 11.6 Å². The van der Waals surface area contributed by atoms with Crippen LogP contribution in [0.1, 0.15) is 5.56 Å². The number of nitrogens with zero attached hydrogens (tertiary/aromatic N) is 1. The molecule has 0 aliphatic rings. The molecule has 0 aliphatic carbocycles. The molecule has 0 amide bonds. The van der Waals surface area contributed by atoms with Gasteiger partial charge in [0.15, 0.2) is 11.0 Å². The van der Waals surface area contributed by atoms with Gasteiger partial charge >= 0.3 is 0 Å². The molecule has 0 spiro atoms. The third-order valence-electron chi connectivity index (χ3n) is 1.32. The second-order valence-corrected chi connectivity index (χ2v) is 2.87. The minimum Gasteiger partial charge on any atom is -0.434 e. The van der Waals surface area contributed by atoms with E-state index in [9.17, 15) is 0 Å². The highest BCUT2D eigenvalue weighted by atomic mass is 32.1. The molecule has 1 aromatic heterocycles. The first-order chi connectivity index (χ1) is 4.61. The molecular formula is C7H11NOS. The van der Waals surface area contributed by atoms with Crippen molar-refractivity contribution < 1.29 is 4.42 Å². The molecule has 56 valence electrons. The van der Waals surface area contributed by atoms with Gasteiger partial charge in [0.1, 0.15) is 0 Å². The second kappa shape index (κ2) is 2.58. The first kappa shape index (κ1) is 7.54. The molecule has 3 heteroatoms. The van der Waals surface area contributed by atoms with Crippen LogP contribution in [0.2, 0.25) is 0 Å². The summed E-state index contributed by atoms with van der Waals surface area (Å²) in [6, 6.07) is 1.96. The van der Waals surface area contributed by atoms with Crippen LogP contribution in [0.25, 0.3) is 0 Å². The summed E-state index contributed by atoms with van der Waals surface area (Å²) >= 11 is 4.12. The topological polar surface area (TPSA) is 16.4 Å². The normalized spacial score (nSPS) is 10.0. The van der Waals surface area contributed by atoms with Crippen LogP contribution in [-0.2, 0) is 0 Å². The number of thiol groups is 1. The maximum Gasteiger partial charge on any atom is 0.196 e. The number of hydrogen-bond donors (Lipinski definition) is 1. The van der Waals surface area contributed by atoms with Crippen molar-refractivity contribution >= 4 is 18.5 Å². The van der Waals surface area contributed by atoms with E-state index >= 15 is 0 Å². The molecule has 0 unspecified atom stereocenters. The molecule has 0 fully saturated rings. The SMILES string of the molecule is Cc1cc(N(C)C)oc1S. The van der Waals surface area contributed by atoms with E-state index in [1.54, 1.807) is 0 Å². The van der Waals surface area contributed by atoms with E-state index in [0.717, 1.165) is 11.4 Å². The lowest BCUT2D eigenvalue weighted by atomic mass is 10.4. The molecule has 0 saturated carbocycles. The van der Waals surface area contributed by atoms with Crippen LogP contribution < -0.4 is 4.90 Å². The number of rotatable bonds is 1. The number of furan rings is 1. The van der Waals surface area contributed by atoms with Gasteiger partial charge in [-0.1, -0.05) is 0 Å². The van der Waals surface area contributed by atoms with Crippen molar-refractivity contribution in [2.24, 2.45) is 0 Å². The lowest BCUT2D eigenvalue weighted by molar-refractivity contribution is 0.475. The molecule has 0 N–H and O–H groups in total. The zero-order valence-electron chi connectivity index (χ0n) is 6.38. The molecule has 10 heavy (non-hydrogen) atoms. The zero-order valence-corrected chi connectivity index (χ0v) is 7.27. The summed E-state index contributed by atoms with van der Waals surface area (Å²) in [7, 11) is 3.87. The van der Waals surface area contributed by atoms with Crippen molar-refractivity contribution in [2.75, 3.05) is 19.0 Å². The smallest absolute Gasteiger partial charge is 0.196 e. The van der Waals surface area contributed by atoms with E-state index in [0.29, 0.717) is 5.09 Å². The highest BCUT2D eigenvalue weighted by Gasteiger charge is 2.03. The van der Waals surface area contributed by atoms with Gasteiger partial charge in [0.25, 0.3) is 0 Å². The molecule has 0 aliphatic heterocycles. The minimum absolute atomic E-state index is 0.698. The van der Waals surface area contributed by atoms with Crippen molar-refractivity contribution in [2.45, 2.75) is 12.0 Å². The maximum absolute atomic E-state index is 5.27. The Bertz CT molecular complexity index is 210. The summed E-state index contributed by atoms with van der Waals surface area (Å²) in [4.78, 5) is 1.91. The van der Waals surface area contributed by atoms with Gasteiger partial charge in [-0.15, -0.1) is 12.6 Å². The Balaban J connectivity index is 2.98. The number of anilines is 1. The maximum atomic E-state index is 5.27. The third-order valence-corrected chi connectivity index (χ3v) is 1.76. The van der Waals surface area contributed by atoms with Crippen LogP contribution >= 0.6 is 12.6 Å². The first-order valence-corrected chi connectivity index (χ1v) is 3.52. The van der Waals surface area contributed by atoms with Gasteiger partial charge in [0.05, 0.1) is 0 Å². The van der Waals surface area contributed by atoms with Crippen LogP contribution in [0.5, 0.6) is 0 Å². The molecule has 0 saturated heterocycles. The molecule has 0 radical (unpaired) electrons. The Labute approximate surface area is 66.2 Å². The largest absolute Gasteiger partial charge is 0.434 e. The van der Waals surface area contributed by atoms with E-state index in [2.05, 4.69) is 12.6 Å². The minimum atomic E-state index is 0.698. The van der Waals surface area contributed by atoms with Crippen molar-refractivity contribution in [3.8, 4) is 0 Å². The average molecular weight is 157 g/mol. The van der Waals surface area contributed by atoms with E-state index in [4.69, 9.17) is 4.42 Å². The van der Waals surface area contributed by atoms with Crippen LogP contribution in [0.3, 0.4) is 0 Å². The van der Waals surface area contributed by atoms with Crippen molar-refractivity contribution in [1.82, 2.24) is 0 Å². The van der Waals surface area contributed by atoms with Crippen LogP contribution in [0, 0.1) is 6.92 Å². The fraction of sp³-hybridized carbons (Fsp3) is 0.429. The standard InChI is InChI=1S/C7H11NOS/c1-5-4-6(8(2)3)9-7(5)10/h4,10H,1-3H3. The van der Waals surface area contributed by atoms with E-state index in [1.807, 2.05) is 32.0 Å². The lowest BCUT2D eigenvalue weighted by Gasteiger charge is -2.05. The monoisotopic (exact) mass is 157 g/mol. The highest BCUT2D eigenvalue weighted by Crippen LogP contribution is 2.23. The Hall–Kier alpha value is -0.570. The summed E-state index contributed by atoms with van der Waals surface area (Å²) in [6.07, 6.45) is 0. The Morgan fingerprint density at radius 1 is 1.50 bits per heavy atom. The fourth-order valence-electron chi connectivity index (χ4n) is 0.676. The van der Waals surface area contributed by atoms with E-state index in [-0.39, 0.29) is 0 Å². The number of aryl methyl sites for hydroxylation is 1. The predicted octanol–water partition coefficient (Wildman–Crippen LogP) is 1.94. The Morgan fingerprint density at radius 2 is 2.10 bits per heavy atom. The lowest BCUT2D eigenvalue weighted by Crippen LogP contribution is -2.06. The van der Waals surface area contributed by atoms with E-state index < -0.39 is 0 Å². The Morgan fingerprint density at radius 3 is 2.30 bits per heavy atom. The second-order valence-electron chi connectivity index (χ2n) is 2.47. The third kappa shape index (κ3) is 1.29. The molecule has 1 aromatic rings.